The van der Waals surface area contributed by atoms with Crippen molar-refractivity contribution in [3.05, 3.63) is 65.3 Å². The van der Waals surface area contributed by atoms with E-state index in [0.29, 0.717) is 46.4 Å². The predicted molar refractivity (Wildman–Crippen MR) is 117 cm³/mol. The van der Waals surface area contributed by atoms with Crippen molar-refractivity contribution in [1.29, 1.82) is 0 Å². The summed E-state index contributed by atoms with van der Waals surface area (Å²) in [6, 6.07) is 11.7. The van der Waals surface area contributed by atoms with Gasteiger partial charge in [0.15, 0.2) is 6.61 Å². The third kappa shape index (κ3) is 6.05. The molecule has 0 aliphatic rings. The lowest BCUT2D eigenvalue weighted by atomic mass is 10.1. The monoisotopic (exact) mass is 444 g/mol. The van der Waals surface area contributed by atoms with Gasteiger partial charge in [-0.3, -0.25) is 9.52 Å². The number of aromatic nitrogens is 2. The Morgan fingerprint density at radius 3 is 2.45 bits per heavy atom. The Bertz CT molecular complexity index is 1160. The molecule has 3 rings (SSSR count). The molecule has 31 heavy (non-hydrogen) atoms. The molecule has 164 valence electrons. The summed E-state index contributed by atoms with van der Waals surface area (Å²) in [4.78, 5) is 16.7. The fourth-order valence-electron chi connectivity index (χ4n) is 2.81. The van der Waals surface area contributed by atoms with E-state index in [1.807, 2.05) is 0 Å². The second-order valence-electron chi connectivity index (χ2n) is 6.90. The number of hydrogen-bond donors (Lipinski definition) is 2. The van der Waals surface area contributed by atoms with Crippen LogP contribution in [0.5, 0.6) is 5.75 Å². The molecule has 0 atom stereocenters. The first kappa shape index (κ1) is 22.3. The molecule has 0 fully saturated rings. The van der Waals surface area contributed by atoms with Crippen molar-refractivity contribution < 1.29 is 22.5 Å². The van der Waals surface area contributed by atoms with Gasteiger partial charge in [-0.25, -0.2) is 8.42 Å². The molecule has 1 heterocycles. The van der Waals surface area contributed by atoms with Crippen molar-refractivity contribution in [2.75, 3.05) is 15.8 Å². The van der Waals surface area contributed by atoms with Crippen LogP contribution in [0.1, 0.15) is 41.0 Å². The van der Waals surface area contributed by atoms with Gasteiger partial charge < -0.3 is 14.6 Å². The Balaban J connectivity index is 1.65. The van der Waals surface area contributed by atoms with Crippen LogP contribution in [-0.2, 0) is 16.6 Å². The Labute approximate surface area is 180 Å². The Morgan fingerprint density at radius 1 is 1.10 bits per heavy atom. The van der Waals surface area contributed by atoms with Gasteiger partial charge in [-0.15, -0.1) is 0 Å². The molecule has 10 heteroatoms. The molecule has 9 nitrogen and oxygen atoms in total. The topological polar surface area (TPSA) is 123 Å². The van der Waals surface area contributed by atoms with E-state index in [0.717, 1.165) is 0 Å². The van der Waals surface area contributed by atoms with E-state index in [2.05, 4.69) is 20.2 Å². The molecule has 3 aromatic rings. The SMILES string of the molecule is CCCS(=O)(=O)Nc1cccc(NC(=O)c2ccc(OCc3noc(C)n3)cc2)c1C. The Morgan fingerprint density at radius 2 is 1.81 bits per heavy atom. The lowest BCUT2D eigenvalue weighted by molar-refractivity contribution is 0.102. The van der Waals surface area contributed by atoms with Crippen LogP contribution < -0.4 is 14.8 Å². The normalized spacial score (nSPS) is 11.2. The van der Waals surface area contributed by atoms with E-state index in [4.69, 9.17) is 9.26 Å². The largest absolute Gasteiger partial charge is 0.485 e. The maximum atomic E-state index is 12.6. The van der Waals surface area contributed by atoms with Gasteiger partial charge in [-0.1, -0.05) is 18.1 Å². The molecule has 0 spiro atoms. The summed E-state index contributed by atoms with van der Waals surface area (Å²) in [5.74, 6) is 1.16. The van der Waals surface area contributed by atoms with Crippen LogP contribution in [0, 0.1) is 13.8 Å². The van der Waals surface area contributed by atoms with E-state index in [9.17, 15) is 13.2 Å². The first-order chi connectivity index (χ1) is 14.8. The molecular weight excluding hydrogens is 420 g/mol. The molecule has 0 saturated carbocycles. The number of sulfonamides is 1. The number of rotatable bonds is 9. The van der Waals surface area contributed by atoms with Crippen LogP contribution in [-0.4, -0.2) is 30.2 Å². The fraction of sp³-hybridized carbons (Fsp3) is 0.286. The van der Waals surface area contributed by atoms with Gasteiger partial charge in [-0.05, 0) is 55.3 Å². The summed E-state index contributed by atoms with van der Waals surface area (Å²) in [6.45, 7) is 5.39. The second-order valence-corrected chi connectivity index (χ2v) is 8.74. The second kappa shape index (κ2) is 9.61. The molecule has 0 saturated heterocycles. The number of carbonyl (C=O) groups is 1. The van der Waals surface area contributed by atoms with Gasteiger partial charge in [0.25, 0.3) is 5.91 Å². The Hall–Kier alpha value is -3.40. The van der Waals surface area contributed by atoms with E-state index in [1.54, 1.807) is 63.2 Å². The number of carbonyl (C=O) groups excluding carboxylic acids is 1. The van der Waals surface area contributed by atoms with Crippen LogP contribution in [0.25, 0.3) is 0 Å². The van der Waals surface area contributed by atoms with Crippen LogP contribution in [0.15, 0.2) is 47.0 Å². The van der Waals surface area contributed by atoms with Gasteiger partial charge in [0.05, 0.1) is 11.4 Å². The van der Waals surface area contributed by atoms with E-state index < -0.39 is 10.0 Å². The van der Waals surface area contributed by atoms with Crippen molar-refractivity contribution in [3.63, 3.8) is 0 Å². The number of ether oxygens (including phenoxy) is 1. The summed E-state index contributed by atoms with van der Waals surface area (Å²) < 4.78 is 37.1. The van der Waals surface area contributed by atoms with Crippen molar-refractivity contribution in [2.24, 2.45) is 0 Å². The zero-order valence-corrected chi connectivity index (χ0v) is 18.3. The summed E-state index contributed by atoms with van der Waals surface area (Å²) in [6.07, 6.45) is 0.513. The lowest BCUT2D eigenvalue weighted by Gasteiger charge is -2.14. The zero-order valence-electron chi connectivity index (χ0n) is 17.5. The van der Waals surface area contributed by atoms with Crippen LogP contribution in [0.3, 0.4) is 0 Å². The lowest BCUT2D eigenvalue weighted by Crippen LogP contribution is -2.18. The number of nitrogens with zero attached hydrogens (tertiary/aromatic N) is 2. The minimum atomic E-state index is -3.43. The number of benzene rings is 2. The summed E-state index contributed by atoms with van der Waals surface area (Å²) in [5.41, 5.74) is 2.02. The van der Waals surface area contributed by atoms with Crippen molar-refractivity contribution in [3.8, 4) is 5.75 Å². The number of hydrogen-bond acceptors (Lipinski definition) is 7. The molecule has 2 aromatic carbocycles. The number of aryl methyl sites for hydroxylation is 1. The standard InChI is InChI=1S/C21H24N4O5S/c1-4-12-31(27,28)25-19-7-5-6-18(14(19)2)23-21(26)16-8-10-17(11-9-16)29-13-20-22-15(3)30-24-20/h5-11,25H,4,12-13H2,1-3H3,(H,23,26). The van der Waals surface area contributed by atoms with E-state index >= 15 is 0 Å². The minimum Gasteiger partial charge on any atom is -0.485 e. The van der Waals surface area contributed by atoms with E-state index in [-0.39, 0.29) is 18.3 Å². The third-order valence-corrected chi connectivity index (χ3v) is 5.85. The van der Waals surface area contributed by atoms with Crippen LogP contribution >= 0.6 is 0 Å². The highest BCUT2D eigenvalue weighted by Crippen LogP contribution is 2.25. The van der Waals surface area contributed by atoms with Gasteiger partial charge in [0.1, 0.15) is 5.75 Å². The minimum absolute atomic E-state index is 0.0315. The zero-order chi connectivity index (χ0) is 22.4. The summed E-state index contributed by atoms with van der Waals surface area (Å²) in [5, 5.41) is 6.57. The molecule has 0 aliphatic carbocycles. The fourth-order valence-corrected chi connectivity index (χ4v) is 4.01. The van der Waals surface area contributed by atoms with Crippen molar-refractivity contribution in [2.45, 2.75) is 33.8 Å². The molecule has 1 aromatic heterocycles. The van der Waals surface area contributed by atoms with Gasteiger partial charge >= 0.3 is 0 Å². The quantitative estimate of drug-likeness (QED) is 0.516. The molecular formula is C21H24N4O5S. The molecule has 2 N–H and O–H groups in total. The number of amides is 1. The average molecular weight is 445 g/mol. The highest BCUT2D eigenvalue weighted by Gasteiger charge is 2.14. The van der Waals surface area contributed by atoms with Gasteiger partial charge in [0, 0.05) is 18.2 Å². The highest BCUT2D eigenvalue weighted by molar-refractivity contribution is 7.92. The molecule has 0 unspecified atom stereocenters. The smallest absolute Gasteiger partial charge is 0.255 e. The summed E-state index contributed by atoms with van der Waals surface area (Å²) in [7, 11) is -3.43. The van der Waals surface area contributed by atoms with Gasteiger partial charge in [-0.2, -0.15) is 4.98 Å². The number of nitrogens with one attached hydrogen (secondary N) is 2. The molecule has 0 bridgehead atoms. The van der Waals surface area contributed by atoms with E-state index in [1.165, 1.54) is 0 Å². The van der Waals surface area contributed by atoms with Crippen LogP contribution in [0.4, 0.5) is 11.4 Å². The van der Waals surface area contributed by atoms with Crippen LogP contribution in [0.2, 0.25) is 0 Å². The third-order valence-electron chi connectivity index (χ3n) is 4.37. The average Bonchev–Trinajstić information content (AvgIpc) is 3.15. The maximum absolute atomic E-state index is 12.6. The highest BCUT2D eigenvalue weighted by atomic mass is 32.2. The number of anilines is 2. The first-order valence-electron chi connectivity index (χ1n) is 9.71. The summed E-state index contributed by atoms with van der Waals surface area (Å²) >= 11 is 0. The Kier molecular flexibility index (Phi) is 6.91. The molecule has 0 radical (unpaired) electrons. The first-order valence-corrected chi connectivity index (χ1v) is 11.4. The van der Waals surface area contributed by atoms with Crippen molar-refractivity contribution >= 4 is 27.3 Å². The maximum Gasteiger partial charge on any atom is 0.255 e. The van der Waals surface area contributed by atoms with Gasteiger partial charge in [0.2, 0.25) is 21.7 Å². The molecule has 0 aliphatic heterocycles. The molecule has 1 amide bonds. The predicted octanol–water partition coefficient (Wildman–Crippen LogP) is 3.67. The van der Waals surface area contributed by atoms with Crippen molar-refractivity contribution in [1.82, 2.24) is 10.1 Å².